The number of fused-ring (bicyclic) bond motifs is 3. The van der Waals surface area contributed by atoms with Crippen LogP contribution in [0.4, 0.5) is 0 Å². The Bertz CT molecular complexity index is 825. The van der Waals surface area contributed by atoms with Crippen LogP contribution in [0.5, 0.6) is 0 Å². The molecular formula is C21H17Cl2Zr. The molecule has 2 aliphatic carbocycles. The van der Waals surface area contributed by atoms with E-state index in [1.807, 2.05) is 0 Å². The second-order valence-electron chi connectivity index (χ2n) is 6.18. The van der Waals surface area contributed by atoms with E-state index in [1.54, 1.807) is 0 Å². The third kappa shape index (κ3) is 2.92. The maximum absolute atomic E-state index is 2.34. The second-order valence-corrected chi connectivity index (χ2v) is 7.41. The van der Waals surface area contributed by atoms with Gasteiger partial charge in [0.2, 0.25) is 0 Å². The van der Waals surface area contributed by atoms with E-state index in [1.165, 1.54) is 67.0 Å². The Balaban J connectivity index is 0.00000104. The van der Waals surface area contributed by atoms with Crippen molar-refractivity contribution in [2.75, 3.05) is 0 Å². The maximum Gasteiger partial charge on any atom is -1.00 e. The zero-order chi connectivity index (χ0) is 15.3. The van der Waals surface area contributed by atoms with E-state index in [9.17, 15) is 0 Å². The van der Waals surface area contributed by atoms with Gasteiger partial charge in [-0.3, -0.25) is 0 Å². The third-order valence-corrected chi connectivity index (χ3v) is 6.04. The number of hydrogen-bond acceptors (Lipinski definition) is 0. The van der Waals surface area contributed by atoms with E-state index in [2.05, 4.69) is 74.5 Å². The molecule has 0 heterocycles. The van der Waals surface area contributed by atoms with Crippen LogP contribution in [0.1, 0.15) is 30.9 Å². The van der Waals surface area contributed by atoms with Crippen molar-refractivity contribution in [1.82, 2.24) is 0 Å². The molecule has 0 nitrogen and oxygen atoms in total. The number of allylic oxidation sites excluding steroid dienone is 6. The normalized spacial score (nSPS) is 14.9. The molecule has 0 unspecified atom stereocenters. The molecule has 0 saturated heterocycles. The van der Waals surface area contributed by atoms with Gasteiger partial charge in [0, 0.05) is 0 Å². The second kappa shape index (κ2) is 7.56. The number of rotatable bonds is 1. The van der Waals surface area contributed by atoms with Gasteiger partial charge in [0.15, 0.2) is 0 Å². The Kier molecular flexibility index (Phi) is 6.13. The number of benzene rings is 2. The summed E-state index contributed by atoms with van der Waals surface area (Å²) in [7, 11) is 0. The molecule has 0 atom stereocenters. The van der Waals surface area contributed by atoms with Crippen LogP contribution >= 0.6 is 0 Å². The molecule has 24 heavy (non-hydrogen) atoms. The van der Waals surface area contributed by atoms with Crippen LogP contribution in [-0.4, -0.2) is 0 Å². The van der Waals surface area contributed by atoms with Crippen molar-refractivity contribution in [2.24, 2.45) is 0 Å². The standard InChI is InChI=1S/C21H17.2ClH.Zr/c1-14(2)15-11-12-16(13-15)21-19-9-5-3-7-17(19)18-8-4-6-10-20(18)21;;;/h3-12,21H,1-2H3;2*1H;/q;;;+2/p-2. The Labute approximate surface area is 171 Å². The summed E-state index contributed by atoms with van der Waals surface area (Å²) in [6.45, 7) is 4.42. The van der Waals surface area contributed by atoms with Crippen LogP contribution < -0.4 is 24.8 Å². The first-order valence-corrected chi connectivity index (χ1v) is 8.91. The molecule has 0 amide bonds. The summed E-state index contributed by atoms with van der Waals surface area (Å²) in [5.74, 6) is 0.398. The fraction of sp³-hybridized carbons (Fsp3) is 0.143. The largest absolute Gasteiger partial charge is 1.00 e. The maximum atomic E-state index is 2.34. The molecule has 0 aliphatic heterocycles. The Morgan fingerprint density at radius 3 is 1.75 bits per heavy atom. The minimum atomic E-state index is 0. The summed E-state index contributed by atoms with van der Waals surface area (Å²) in [6.07, 6.45) is 4.65. The summed E-state index contributed by atoms with van der Waals surface area (Å²) in [5.41, 5.74) is 10.1. The Morgan fingerprint density at radius 2 is 1.29 bits per heavy atom. The third-order valence-electron chi connectivity index (χ3n) is 4.67. The van der Waals surface area contributed by atoms with Crippen molar-refractivity contribution < 1.29 is 49.5 Å². The quantitative estimate of drug-likeness (QED) is 0.572. The van der Waals surface area contributed by atoms with Crippen molar-refractivity contribution in [3.8, 4) is 11.1 Å². The predicted octanol–water partition coefficient (Wildman–Crippen LogP) is -0.486. The van der Waals surface area contributed by atoms with Gasteiger partial charge in [-0.2, -0.15) is 0 Å². The molecular weight excluding hydrogens is 414 g/mol. The summed E-state index contributed by atoms with van der Waals surface area (Å²) in [5, 5.41) is 0. The van der Waals surface area contributed by atoms with Crippen LogP contribution in [-0.2, 0) is 24.7 Å². The van der Waals surface area contributed by atoms with Gasteiger partial charge in [-0.25, -0.2) is 0 Å². The van der Waals surface area contributed by atoms with Crippen LogP contribution in [0.15, 0.2) is 80.7 Å². The van der Waals surface area contributed by atoms with Gasteiger partial charge in [-0.05, 0) is 0 Å². The molecule has 0 saturated carbocycles. The molecule has 2 aromatic carbocycles. The molecule has 0 aromatic heterocycles. The number of halogens is 2. The molecule has 0 bridgehead atoms. The number of hydrogen-bond donors (Lipinski definition) is 0. The summed E-state index contributed by atoms with van der Waals surface area (Å²) >= 11 is 1.51. The molecule has 0 radical (unpaired) electrons. The smallest absolute Gasteiger partial charge is 1.00 e. The Hall–Kier alpha value is -0.877. The van der Waals surface area contributed by atoms with E-state index in [4.69, 9.17) is 0 Å². The molecule has 0 N–H and O–H groups in total. The predicted molar refractivity (Wildman–Crippen MR) is 88.3 cm³/mol. The minimum Gasteiger partial charge on any atom is -1.00 e. The molecule has 2 aliphatic rings. The van der Waals surface area contributed by atoms with Crippen LogP contribution in [0.25, 0.3) is 11.1 Å². The van der Waals surface area contributed by atoms with Crippen molar-refractivity contribution in [2.45, 2.75) is 19.8 Å². The fourth-order valence-corrected chi connectivity index (χ4v) is 5.02. The summed E-state index contributed by atoms with van der Waals surface area (Å²) in [6, 6.07) is 17.8. The van der Waals surface area contributed by atoms with Gasteiger partial charge in [0.25, 0.3) is 0 Å². The monoisotopic (exact) mass is 429 g/mol. The van der Waals surface area contributed by atoms with Crippen molar-refractivity contribution in [1.29, 1.82) is 0 Å². The van der Waals surface area contributed by atoms with E-state index in [0.29, 0.717) is 5.92 Å². The average Bonchev–Trinajstić information content (AvgIpc) is 3.05. The van der Waals surface area contributed by atoms with E-state index in [-0.39, 0.29) is 24.8 Å². The van der Waals surface area contributed by atoms with E-state index in [0.717, 1.165) is 0 Å². The first kappa shape index (κ1) is 19.4. The fourth-order valence-electron chi connectivity index (χ4n) is 3.64. The summed E-state index contributed by atoms with van der Waals surface area (Å²) < 4.78 is 1.52. The Morgan fingerprint density at radius 1 is 0.792 bits per heavy atom. The molecule has 0 spiro atoms. The van der Waals surface area contributed by atoms with Crippen LogP contribution in [0.3, 0.4) is 0 Å². The topological polar surface area (TPSA) is 0 Å². The van der Waals surface area contributed by atoms with Gasteiger partial charge in [-0.15, -0.1) is 0 Å². The average molecular weight is 431 g/mol. The van der Waals surface area contributed by atoms with Gasteiger partial charge in [-0.1, -0.05) is 0 Å². The molecule has 0 fully saturated rings. The molecule has 2 aromatic rings. The van der Waals surface area contributed by atoms with Crippen molar-refractivity contribution in [3.05, 3.63) is 91.8 Å². The van der Waals surface area contributed by atoms with Crippen molar-refractivity contribution in [3.63, 3.8) is 0 Å². The van der Waals surface area contributed by atoms with E-state index < -0.39 is 0 Å². The van der Waals surface area contributed by atoms with Gasteiger partial charge in [0.1, 0.15) is 0 Å². The molecule has 4 rings (SSSR count). The van der Waals surface area contributed by atoms with Crippen molar-refractivity contribution >= 4 is 0 Å². The minimum absolute atomic E-state index is 0. The first-order valence-electron chi connectivity index (χ1n) is 7.68. The molecule has 119 valence electrons. The summed E-state index contributed by atoms with van der Waals surface area (Å²) in [4.78, 5) is 0. The van der Waals surface area contributed by atoms with Crippen LogP contribution in [0.2, 0.25) is 0 Å². The SMILES string of the molecule is CC(C)=C1C=CC(C2c3ccccc3-c3ccccc32)=[C]1[Zr+2].[Cl-].[Cl-]. The van der Waals surface area contributed by atoms with Gasteiger partial charge < -0.3 is 24.8 Å². The van der Waals surface area contributed by atoms with E-state index >= 15 is 0 Å². The zero-order valence-corrected chi connectivity index (χ0v) is 17.6. The molecule has 3 heteroatoms. The van der Waals surface area contributed by atoms with Gasteiger partial charge >= 0.3 is 147 Å². The zero-order valence-electron chi connectivity index (χ0n) is 13.6. The first-order chi connectivity index (χ1) is 10.7. The van der Waals surface area contributed by atoms with Crippen LogP contribution in [0, 0.1) is 0 Å². The van der Waals surface area contributed by atoms with Gasteiger partial charge in [0.05, 0.1) is 0 Å².